The van der Waals surface area contributed by atoms with E-state index in [9.17, 15) is 9.59 Å². The summed E-state index contributed by atoms with van der Waals surface area (Å²) in [5.41, 5.74) is 7.01. The van der Waals surface area contributed by atoms with E-state index in [2.05, 4.69) is 15.6 Å². The first-order valence-corrected chi connectivity index (χ1v) is 12.3. The molecule has 8 nitrogen and oxygen atoms in total. The van der Waals surface area contributed by atoms with E-state index in [0.717, 1.165) is 53.4 Å². The van der Waals surface area contributed by atoms with E-state index in [0.29, 0.717) is 23.3 Å². The standard InChI is InChI=1S/C29H29N5O3/c1-37-29(36)34(22-12-6-3-7-13-22)32-28(35)26-23-14-8-9-15-25(23)31-27(21-10-4-2-5-11-21)24(26)20-33-18-16-30-17-19-33/h2-15,30H,16-20H2,1H3,(H,32,35). The Labute approximate surface area is 215 Å². The maximum atomic E-state index is 14.1. The highest BCUT2D eigenvalue weighted by atomic mass is 16.5. The van der Waals surface area contributed by atoms with E-state index >= 15 is 0 Å². The zero-order chi connectivity index (χ0) is 25.6. The molecule has 2 amide bonds. The SMILES string of the molecule is COC(=O)N(NC(=O)c1c(CN2CCNCC2)c(-c2ccccc2)nc2ccccc12)c1ccccc1. The topological polar surface area (TPSA) is 86.8 Å². The molecule has 37 heavy (non-hydrogen) atoms. The number of methoxy groups -OCH3 is 1. The highest BCUT2D eigenvalue weighted by molar-refractivity contribution is 6.10. The molecule has 2 heterocycles. The Morgan fingerprint density at radius 1 is 0.946 bits per heavy atom. The van der Waals surface area contributed by atoms with Crippen LogP contribution in [0, 0.1) is 0 Å². The number of carbonyl (C=O) groups excluding carboxylic acids is 2. The number of fused-ring (bicyclic) bond motifs is 1. The third-order valence-electron chi connectivity index (χ3n) is 6.44. The lowest BCUT2D eigenvalue weighted by molar-refractivity contribution is 0.0940. The summed E-state index contributed by atoms with van der Waals surface area (Å²) in [4.78, 5) is 34.1. The van der Waals surface area contributed by atoms with Crippen LogP contribution in [-0.4, -0.2) is 55.2 Å². The first-order valence-electron chi connectivity index (χ1n) is 12.3. The van der Waals surface area contributed by atoms with Gasteiger partial charge >= 0.3 is 6.09 Å². The molecule has 4 aromatic rings. The Hall–Kier alpha value is -4.27. The van der Waals surface area contributed by atoms with Gasteiger partial charge in [0.25, 0.3) is 5.91 Å². The zero-order valence-electron chi connectivity index (χ0n) is 20.7. The van der Waals surface area contributed by atoms with Crippen molar-refractivity contribution < 1.29 is 14.3 Å². The third-order valence-corrected chi connectivity index (χ3v) is 6.44. The van der Waals surface area contributed by atoms with Crippen molar-refractivity contribution in [2.45, 2.75) is 6.54 Å². The molecule has 0 unspecified atom stereocenters. The number of aromatic nitrogens is 1. The van der Waals surface area contributed by atoms with Gasteiger partial charge in [-0.15, -0.1) is 0 Å². The Morgan fingerprint density at radius 3 is 2.30 bits per heavy atom. The summed E-state index contributed by atoms with van der Waals surface area (Å²) in [5, 5.41) is 5.24. The molecular weight excluding hydrogens is 466 g/mol. The van der Waals surface area contributed by atoms with Crippen molar-refractivity contribution >= 4 is 28.6 Å². The minimum absolute atomic E-state index is 0.407. The number of hydrogen-bond acceptors (Lipinski definition) is 6. The molecule has 8 heteroatoms. The second kappa shape index (κ2) is 11.2. The van der Waals surface area contributed by atoms with Crippen LogP contribution in [0.2, 0.25) is 0 Å². The fourth-order valence-electron chi connectivity index (χ4n) is 4.63. The second-order valence-corrected chi connectivity index (χ2v) is 8.81. The van der Waals surface area contributed by atoms with Crippen LogP contribution in [0.5, 0.6) is 0 Å². The summed E-state index contributed by atoms with van der Waals surface area (Å²) in [5.74, 6) is -0.407. The predicted octanol–water partition coefficient (Wildman–Crippen LogP) is 4.22. The highest BCUT2D eigenvalue weighted by Gasteiger charge is 2.27. The third kappa shape index (κ3) is 5.30. The average molecular weight is 496 g/mol. The molecule has 1 saturated heterocycles. The Bertz CT molecular complexity index is 1390. The monoisotopic (exact) mass is 495 g/mol. The van der Waals surface area contributed by atoms with E-state index in [-0.39, 0.29) is 0 Å². The van der Waals surface area contributed by atoms with Crippen molar-refractivity contribution in [1.82, 2.24) is 20.6 Å². The van der Waals surface area contributed by atoms with Gasteiger partial charge in [0.2, 0.25) is 0 Å². The molecular formula is C29H29N5O3. The van der Waals surface area contributed by atoms with E-state index in [4.69, 9.17) is 9.72 Å². The number of para-hydroxylation sites is 2. The molecule has 0 aliphatic carbocycles. The van der Waals surface area contributed by atoms with Gasteiger partial charge in [0.05, 0.1) is 29.6 Å². The molecule has 2 N–H and O–H groups in total. The molecule has 0 saturated carbocycles. The second-order valence-electron chi connectivity index (χ2n) is 8.81. The van der Waals surface area contributed by atoms with Gasteiger partial charge in [-0.2, -0.15) is 5.01 Å². The lowest BCUT2D eigenvalue weighted by atomic mass is 9.95. The first kappa shape index (κ1) is 24.4. The number of amides is 2. The molecule has 1 aromatic heterocycles. The number of anilines is 1. The molecule has 0 spiro atoms. The number of hydrogen-bond donors (Lipinski definition) is 2. The summed E-state index contributed by atoms with van der Waals surface area (Å²) < 4.78 is 4.98. The van der Waals surface area contributed by atoms with Crippen LogP contribution < -0.4 is 15.8 Å². The van der Waals surface area contributed by atoms with Crippen molar-refractivity contribution in [3.05, 3.63) is 96.1 Å². The molecule has 0 radical (unpaired) electrons. The Kier molecular flexibility index (Phi) is 7.39. The highest BCUT2D eigenvalue weighted by Crippen LogP contribution is 2.32. The molecule has 0 atom stereocenters. The number of carbonyl (C=O) groups is 2. The number of piperazine rings is 1. The number of nitrogens with zero attached hydrogens (tertiary/aromatic N) is 3. The van der Waals surface area contributed by atoms with Gasteiger partial charge in [0.1, 0.15) is 0 Å². The minimum Gasteiger partial charge on any atom is -0.451 e. The lowest BCUT2D eigenvalue weighted by Crippen LogP contribution is -2.47. The van der Waals surface area contributed by atoms with Gasteiger partial charge in [0.15, 0.2) is 0 Å². The maximum absolute atomic E-state index is 14.1. The summed E-state index contributed by atoms with van der Waals surface area (Å²) in [7, 11) is 1.29. The van der Waals surface area contributed by atoms with E-state index in [1.54, 1.807) is 24.3 Å². The number of pyridine rings is 1. The molecule has 3 aromatic carbocycles. The number of benzene rings is 3. The van der Waals surface area contributed by atoms with Gasteiger partial charge < -0.3 is 10.1 Å². The smallest absolute Gasteiger partial charge is 0.433 e. The molecule has 1 aliphatic heterocycles. The van der Waals surface area contributed by atoms with Crippen molar-refractivity contribution in [3.63, 3.8) is 0 Å². The normalized spacial score (nSPS) is 13.8. The van der Waals surface area contributed by atoms with Crippen LogP contribution in [0.15, 0.2) is 84.9 Å². The van der Waals surface area contributed by atoms with E-state index in [1.165, 1.54) is 7.11 Å². The fourth-order valence-corrected chi connectivity index (χ4v) is 4.63. The maximum Gasteiger partial charge on any atom is 0.433 e. The largest absolute Gasteiger partial charge is 0.451 e. The fraction of sp³-hybridized carbons (Fsp3) is 0.207. The van der Waals surface area contributed by atoms with Gasteiger partial charge in [-0.05, 0) is 18.2 Å². The van der Waals surface area contributed by atoms with Crippen LogP contribution in [0.1, 0.15) is 15.9 Å². The van der Waals surface area contributed by atoms with Crippen molar-refractivity contribution in [1.29, 1.82) is 0 Å². The molecule has 5 rings (SSSR count). The molecule has 1 fully saturated rings. The van der Waals surface area contributed by atoms with Gasteiger partial charge in [-0.3, -0.25) is 15.1 Å². The lowest BCUT2D eigenvalue weighted by Gasteiger charge is -2.29. The summed E-state index contributed by atoms with van der Waals surface area (Å²) in [6, 6.07) is 26.4. The van der Waals surface area contributed by atoms with Crippen molar-refractivity contribution in [3.8, 4) is 11.3 Å². The van der Waals surface area contributed by atoms with Crippen LogP contribution >= 0.6 is 0 Å². The van der Waals surface area contributed by atoms with Crippen LogP contribution in [0.25, 0.3) is 22.2 Å². The van der Waals surface area contributed by atoms with Crippen LogP contribution in [0.3, 0.4) is 0 Å². The Balaban J connectivity index is 1.66. The van der Waals surface area contributed by atoms with Crippen molar-refractivity contribution in [2.75, 3.05) is 38.3 Å². The van der Waals surface area contributed by atoms with E-state index < -0.39 is 12.0 Å². The molecule has 1 aliphatic rings. The molecule has 188 valence electrons. The van der Waals surface area contributed by atoms with Crippen LogP contribution in [-0.2, 0) is 11.3 Å². The van der Waals surface area contributed by atoms with E-state index in [1.807, 2.05) is 60.7 Å². The summed E-state index contributed by atoms with van der Waals surface area (Å²) >= 11 is 0. The predicted molar refractivity (Wildman–Crippen MR) is 144 cm³/mol. The number of ether oxygens (including phenoxy) is 1. The quantitative estimate of drug-likeness (QED) is 0.403. The van der Waals surface area contributed by atoms with Gasteiger partial charge in [-0.25, -0.2) is 9.78 Å². The molecule has 0 bridgehead atoms. The number of nitrogens with one attached hydrogen (secondary N) is 2. The minimum atomic E-state index is -0.690. The zero-order valence-corrected chi connectivity index (χ0v) is 20.7. The number of rotatable bonds is 5. The van der Waals surface area contributed by atoms with Gasteiger partial charge in [-0.1, -0.05) is 66.7 Å². The summed E-state index contributed by atoms with van der Waals surface area (Å²) in [6.07, 6.45) is -0.690. The van der Waals surface area contributed by atoms with Gasteiger partial charge in [0, 0.05) is 49.2 Å². The first-order chi connectivity index (χ1) is 18.2. The van der Waals surface area contributed by atoms with Crippen molar-refractivity contribution in [2.24, 2.45) is 0 Å². The Morgan fingerprint density at radius 2 is 1.59 bits per heavy atom. The average Bonchev–Trinajstić information content (AvgIpc) is 2.96. The van der Waals surface area contributed by atoms with Crippen LogP contribution in [0.4, 0.5) is 10.5 Å². The summed E-state index contributed by atoms with van der Waals surface area (Å²) in [6.45, 7) is 4.04. The number of hydrazine groups is 1.